The quantitative estimate of drug-likeness (QED) is 0.526. The molecule has 7 heteroatoms. The van der Waals surface area contributed by atoms with Crippen LogP contribution in [0.25, 0.3) is 0 Å². The van der Waals surface area contributed by atoms with Crippen molar-refractivity contribution in [3.05, 3.63) is 0 Å². The molecule has 0 N–H and O–H groups in total. The fraction of sp³-hybridized carbons (Fsp3) is 0.750. The molecule has 0 spiro atoms. The molecule has 0 amide bonds. The molecule has 0 heterocycles. The summed E-state index contributed by atoms with van der Waals surface area (Å²) in [6.07, 6.45) is -4.81. The minimum atomic E-state index is -4.81. The Bertz CT molecular complexity index is 145. The van der Waals surface area contributed by atoms with Gasteiger partial charge in [0.05, 0.1) is 0 Å². The summed E-state index contributed by atoms with van der Waals surface area (Å²) in [5, 5.41) is 0. The molecule has 0 rings (SSSR count). The standard InChI is InChI=1S/C4H3Cl2F3O2/c5-3(6,1-11-2-10)4(7,8)9/h2H,1H2. The number of ether oxygens (including phenoxy) is 1. The molecule has 0 atom stereocenters. The summed E-state index contributed by atoms with van der Waals surface area (Å²) in [7, 11) is 0. The Kier molecular flexibility index (Phi) is 3.44. The van der Waals surface area contributed by atoms with Gasteiger partial charge in [-0.25, -0.2) is 0 Å². The zero-order valence-corrected chi connectivity index (χ0v) is 6.50. The Morgan fingerprint density at radius 1 is 1.36 bits per heavy atom. The maximum Gasteiger partial charge on any atom is 0.424 e. The van der Waals surface area contributed by atoms with Crippen LogP contribution in [0.2, 0.25) is 0 Å². The smallest absolute Gasteiger partial charge is 0.424 e. The van der Waals surface area contributed by atoms with Gasteiger partial charge in [0, 0.05) is 0 Å². The largest absolute Gasteiger partial charge is 0.464 e. The van der Waals surface area contributed by atoms with Crippen LogP contribution < -0.4 is 0 Å². The Labute approximate surface area is 70.2 Å². The zero-order valence-electron chi connectivity index (χ0n) is 4.99. The summed E-state index contributed by atoms with van der Waals surface area (Å²) < 4.78 is 35.8. The first-order chi connectivity index (χ1) is 4.81. The maximum atomic E-state index is 11.7. The maximum absolute atomic E-state index is 11.7. The Hall–Kier alpha value is -0.160. The molecule has 0 saturated heterocycles. The third kappa shape index (κ3) is 3.16. The van der Waals surface area contributed by atoms with E-state index in [0.29, 0.717) is 0 Å². The highest BCUT2D eigenvalue weighted by molar-refractivity contribution is 6.49. The van der Waals surface area contributed by atoms with Crippen LogP contribution in [0.1, 0.15) is 0 Å². The van der Waals surface area contributed by atoms with Crippen LogP contribution in [0.5, 0.6) is 0 Å². The fourth-order valence-corrected chi connectivity index (χ4v) is 0.347. The van der Waals surface area contributed by atoms with Crippen LogP contribution >= 0.6 is 23.2 Å². The molecule has 0 radical (unpaired) electrons. The Morgan fingerprint density at radius 2 is 1.82 bits per heavy atom. The van der Waals surface area contributed by atoms with Crippen LogP contribution in [0.3, 0.4) is 0 Å². The number of hydrogen-bond donors (Lipinski definition) is 0. The molecule has 2 nitrogen and oxygen atoms in total. The lowest BCUT2D eigenvalue weighted by Gasteiger charge is -2.20. The second kappa shape index (κ2) is 3.49. The average Bonchev–Trinajstić information content (AvgIpc) is 1.81. The molecule has 0 aromatic carbocycles. The van der Waals surface area contributed by atoms with E-state index in [1.54, 1.807) is 0 Å². The SMILES string of the molecule is O=COCC(Cl)(Cl)C(F)(F)F. The van der Waals surface area contributed by atoms with Crippen LogP contribution in [-0.2, 0) is 9.53 Å². The molecule has 0 aliphatic heterocycles. The van der Waals surface area contributed by atoms with Crippen molar-refractivity contribution in [2.75, 3.05) is 6.61 Å². The monoisotopic (exact) mass is 210 g/mol. The first-order valence-electron chi connectivity index (χ1n) is 2.31. The van der Waals surface area contributed by atoms with E-state index in [1.807, 2.05) is 0 Å². The normalized spacial score (nSPS) is 12.8. The van der Waals surface area contributed by atoms with Crippen molar-refractivity contribution < 1.29 is 22.7 Å². The molecular weight excluding hydrogens is 208 g/mol. The summed E-state index contributed by atoms with van der Waals surface area (Å²) in [6, 6.07) is 0. The van der Waals surface area contributed by atoms with E-state index in [0.717, 1.165) is 0 Å². The molecule has 0 bridgehead atoms. The van der Waals surface area contributed by atoms with E-state index in [1.165, 1.54) is 0 Å². The van der Waals surface area contributed by atoms with Gasteiger partial charge >= 0.3 is 6.18 Å². The topological polar surface area (TPSA) is 26.3 Å². The van der Waals surface area contributed by atoms with Crippen molar-refractivity contribution >= 4 is 29.7 Å². The first kappa shape index (κ1) is 10.8. The van der Waals surface area contributed by atoms with Gasteiger partial charge < -0.3 is 4.74 Å². The van der Waals surface area contributed by atoms with Crippen molar-refractivity contribution in [3.8, 4) is 0 Å². The van der Waals surface area contributed by atoms with E-state index in [4.69, 9.17) is 23.2 Å². The highest BCUT2D eigenvalue weighted by atomic mass is 35.5. The van der Waals surface area contributed by atoms with Gasteiger partial charge in [-0.1, -0.05) is 23.2 Å². The summed E-state index contributed by atoms with van der Waals surface area (Å²) >= 11 is 9.50. The zero-order chi connectivity index (χ0) is 9.12. The van der Waals surface area contributed by atoms with Gasteiger partial charge in [0.2, 0.25) is 4.33 Å². The van der Waals surface area contributed by atoms with Crippen molar-refractivity contribution in [3.63, 3.8) is 0 Å². The molecule has 0 aromatic rings. The molecule has 66 valence electrons. The van der Waals surface area contributed by atoms with E-state index in [-0.39, 0.29) is 6.47 Å². The number of carbonyl (C=O) groups excluding carboxylic acids is 1. The second-order valence-corrected chi connectivity index (χ2v) is 3.09. The van der Waals surface area contributed by atoms with Gasteiger partial charge in [0.15, 0.2) is 0 Å². The van der Waals surface area contributed by atoms with Crippen LogP contribution in [-0.4, -0.2) is 23.6 Å². The number of alkyl halides is 5. The van der Waals surface area contributed by atoms with E-state index >= 15 is 0 Å². The van der Waals surface area contributed by atoms with Crippen LogP contribution in [0.4, 0.5) is 13.2 Å². The van der Waals surface area contributed by atoms with Gasteiger partial charge in [0.25, 0.3) is 6.47 Å². The fourth-order valence-electron chi connectivity index (χ4n) is 0.221. The van der Waals surface area contributed by atoms with Gasteiger partial charge in [-0.15, -0.1) is 0 Å². The summed E-state index contributed by atoms with van der Waals surface area (Å²) in [6.45, 7) is -1.27. The third-order valence-electron chi connectivity index (χ3n) is 0.747. The third-order valence-corrected chi connectivity index (χ3v) is 1.39. The van der Waals surface area contributed by atoms with E-state index < -0.39 is 17.1 Å². The molecule has 0 aliphatic carbocycles. The average molecular weight is 211 g/mol. The number of halogens is 5. The van der Waals surface area contributed by atoms with Gasteiger partial charge in [-0.05, 0) is 0 Å². The van der Waals surface area contributed by atoms with Crippen LogP contribution in [0, 0.1) is 0 Å². The Balaban J connectivity index is 4.10. The number of rotatable bonds is 3. The van der Waals surface area contributed by atoms with E-state index in [9.17, 15) is 18.0 Å². The lowest BCUT2D eigenvalue weighted by Crippen LogP contribution is -2.38. The van der Waals surface area contributed by atoms with Crippen molar-refractivity contribution in [1.82, 2.24) is 0 Å². The predicted molar refractivity (Wildman–Crippen MR) is 32.5 cm³/mol. The summed E-state index contributed by atoms with van der Waals surface area (Å²) in [5.74, 6) is 0. The molecule has 0 saturated carbocycles. The number of carbonyl (C=O) groups is 1. The first-order valence-corrected chi connectivity index (χ1v) is 3.06. The van der Waals surface area contributed by atoms with E-state index in [2.05, 4.69) is 4.74 Å². The minimum Gasteiger partial charge on any atom is -0.464 e. The van der Waals surface area contributed by atoms with Gasteiger partial charge in [-0.2, -0.15) is 13.2 Å². The molecular formula is C4H3Cl2F3O2. The minimum absolute atomic E-state index is 0.161. The molecule has 0 aromatic heterocycles. The lowest BCUT2D eigenvalue weighted by atomic mass is 10.4. The summed E-state index contributed by atoms with van der Waals surface area (Å²) in [5.41, 5.74) is 0. The highest BCUT2D eigenvalue weighted by Gasteiger charge is 2.53. The van der Waals surface area contributed by atoms with Gasteiger partial charge in [-0.3, -0.25) is 4.79 Å². The van der Waals surface area contributed by atoms with Crippen LogP contribution in [0.15, 0.2) is 0 Å². The van der Waals surface area contributed by atoms with Gasteiger partial charge in [0.1, 0.15) is 6.61 Å². The molecule has 0 unspecified atom stereocenters. The van der Waals surface area contributed by atoms with Crippen molar-refractivity contribution in [2.45, 2.75) is 10.5 Å². The number of hydrogen-bond acceptors (Lipinski definition) is 2. The predicted octanol–water partition coefficient (Wildman–Crippen LogP) is 1.90. The van der Waals surface area contributed by atoms with Crippen molar-refractivity contribution in [1.29, 1.82) is 0 Å². The molecule has 0 aliphatic rings. The molecule has 11 heavy (non-hydrogen) atoms. The molecule has 0 fully saturated rings. The van der Waals surface area contributed by atoms with Crippen molar-refractivity contribution in [2.24, 2.45) is 0 Å². The Morgan fingerprint density at radius 3 is 2.09 bits per heavy atom. The summed E-state index contributed by atoms with van der Waals surface area (Å²) in [4.78, 5) is 9.47. The lowest BCUT2D eigenvalue weighted by molar-refractivity contribution is -0.156. The second-order valence-electron chi connectivity index (χ2n) is 1.61. The highest BCUT2D eigenvalue weighted by Crippen LogP contribution is 2.39.